The maximum atomic E-state index is 13.3. The molecule has 2 atom stereocenters. The summed E-state index contributed by atoms with van der Waals surface area (Å²) < 4.78 is 47.3. The van der Waals surface area contributed by atoms with Crippen LogP contribution in [-0.4, -0.2) is 45.5 Å². The van der Waals surface area contributed by atoms with Gasteiger partial charge in [-0.3, -0.25) is 14.4 Å². The Kier molecular flexibility index (Phi) is 5.01. The Morgan fingerprint density at radius 1 is 1.38 bits per heavy atom. The SMILES string of the molecule is Cn1cc(C2CN(C(C(=O)O)c3ccccc3C(F)(F)F)CCO2)cn1. The summed E-state index contributed by atoms with van der Waals surface area (Å²) in [7, 11) is 1.74. The molecule has 1 aromatic carbocycles. The van der Waals surface area contributed by atoms with Gasteiger partial charge >= 0.3 is 12.1 Å². The van der Waals surface area contributed by atoms with Crippen molar-refractivity contribution < 1.29 is 27.8 Å². The number of aryl methyl sites for hydroxylation is 1. The van der Waals surface area contributed by atoms with Crippen molar-refractivity contribution in [1.82, 2.24) is 14.7 Å². The smallest absolute Gasteiger partial charge is 0.416 e. The minimum atomic E-state index is -4.63. The molecule has 3 rings (SSSR count). The van der Waals surface area contributed by atoms with Crippen LogP contribution in [0.1, 0.15) is 28.8 Å². The summed E-state index contributed by atoms with van der Waals surface area (Å²) in [5, 5.41) is 13.7. The van der Waals surface area contributed by atoms with E-state index in [0.717, 1.165) is 11.6 Å². The van der Waals surface area contributed by atoms with Crippen LogP contribution < -0.4 is 0 Å². The number of carbonyl (C=O) groups is 1. The van der Waals surface area contributed by atoms with Gasteiger partial charge in [-0.15, -0.1) is 0 Å². The molecule has 0 radical (unpaired) electrons. The highest BCUT2D eigenvalue weighted by atomic mass is 19.4. The van der Waals surface area contributed by atoms with E-state index in [9.17, 15) is 23.1 Å². The Balaban J connectivity index is 1.93. The summed E-state index contributed by atoms with van der Waals surface area (Å²) in [6, 6.07) is 3.39. The van der Waals surface area contributed by atoms with Gasteiger partial charge in [-0.05, 0) is 11.6 Å². The number of carboxylic acids is 1. The molecule has 2 aromatic rings. The van der Waals surface area contributed by atoms with Crippen LogP contribution in [0.4, 0.5) is 13.2 Å². The summed E-state index contributed by atoms with van der Waals surface area (Å²) in [6.07, 6.45) is -1.72. The summed E-state index contributed by atoms with van der Waals surface area (Å²) in [5.41, 5.74) is -0.443. The second-order valence-electron chi connectivity index (χ2n) is 6.13. The van der Waals surface area contributed by atoms with Gasteiger partial charge in [0.25, 0.3) is 0 Å². The summed E-state index contributed by atoms with van der Waals surface area (Å²) in [5.74, 6) is -1.33. The van der Waals surface area contributed by atoms with Gasteiger partial charge in [-0.25, -0.2) is 0 Å². The summed E-state index contributed by atoms with van der Waals surface area (Å²) in [6.45, 7) is 0.603. The molecule has 0 bridgehead atoms. The number of morpholine rings is 1. The largest absolute Gasteiger partial charge is 0.480 e. The number of halogens is 3. The van der Waals surface area contributed by atoms with Gasteiger partial charge in [-0.2, -0.15) is 18.3 Å². The van der Waals surface area contributed by atoms with E-state index in [1.54, 1.807) is 24.1 Å². The molecule has 1 aliphatic heterocycles. The second-order valence-corrected chi connectivity index (χ2v) is 6.13. The van der Waals surface area contributed by atoms with Crippen LogP contribution in [0.25, 0.3) is 0 Å². The van der Waals surface area contributed by atoms with E-state index in [2.05, 4.69) is 5.10 Å². The van der Waals surface area contributed by atoms with Crippen molar-refractivity contribution in [2.75, 3.05) is 19.7 Å². The Bertz CT molecular complexity index is 791. The molecule has 2 unspecified atom stereocenters. The highest BCUT2D eigenvalue weighted by molar-refractivity contribution is 5.76. The molecule has 26 heavy (non-hydrogen) atoms. The first-order valence-electron chi connectivity index (χ1n) is 8.00. The molecule has 1 N–H and O–H groups in total. The third-order valence-electron chi connectivity index (χ3n) is 4.35. The monoisotopic (exact) mass is 369 g/mol. The highest BCUT2D eigenvalue weighted by Gasteiger charge is 2.40. The number of benzene rings is 1. The van der Waals surface area contributed by atoms with Gasteiger partial charge in [-0.1, -0.05) is 18.2 Å². The van der Waals surface area contributed by atoms with Gasteiger partial charge < -0.3 is 9.84 Å². The maximum absolute atomic E-state index is 13.3. The number of carboxylic acid groups (broad SMARTS) is 1. The molecular formula is C17H18F3N3O3. The standard InChI is InChI=1S/C17H18F3N3O3/c1-22-9-11(8-21-22)14-10-23(6-7-26-14)15(16(24)25)12-4-2-3-5-13(12)17(18,19)20/h2-5,8-9,14-15H,6-7,10H2,1H3,(H,24,25). The normalized spacial score (nSPS) is 20.1. The number of hydrogen-bond acceptors (Lipinski definition) is 4. The van der Waals surface area contributed by atoms with Crippen molar-refractivity contribution in [2.24, 2.45) is 7.05 Å². The van der Waals surface area contributed by atoms with E-state index in [1.165, 1.54) is 23.1 Å². The van der Waals surface area contributed by atoms with Gasteiger partial charge in [0.15, 0.2) is 0 Å². The third kappa shape index (κ3) is 3.73. The van der Waals surface area contributed by atoms with Crippen molar-refractivity contribution in [3.63, 3.8) is 0 Å². The van der Waals surface area contributed by atoms with Gasteiger partial charge in [0.05, 0.1) is 24.5 Å². The van der Waals surface area contributed by atoms with Gasteiger partial charge in [0, 0.05) is 31.9 Å². The lowest BCUT2D eigenvalue weighted by atomic mass is 9.97. The number of nitrogens with zero attached hydrogens (tertiary/aromatic N) is 3. The van der Waals surface area contributed by atoms with Crippen molar-refractivity contribution in [3.8, 4) is 0 Å². The Morgan fingerprint density at radius 3 is 2.73 bits per heavy atom. The van der Waals surface area contributed by atoms with Crippen LogP contribution in [0.3, 0.4) is 0 Å². The minimum Gasteiger partial charge on any atom is -0.480 e. The average Bonchev–Trinajstić information content (AvgIpc) is 3.01. The zero-order valence-electron chi connectivity index (χ0n) is 14.0. The fourth-order valence-electron chi connectivity index (χ4n) is 3.19. The van der Waals surface area contributed by atoms with Crippen molar-refractivity contribution in [1.29, 1.82) is 0 Å². The molecule has 6 nitrogen and oxygen atoms in total. The van der Waals surface area contributed by atoms with Crippen LogP contribution in [0.15, 0.2) is 36.7 Å². The van der Waals surface area contributed by atoms with Crippen molar-refractivity contribution in [2.45, 2.75) is 18.3 Å². The molecule has 0 saturated carbocycles. The third-order valence-corrected chi connectivity index (χ3v) is 4.35. The summed E-state index contributed by atoms with van der Waals surface area (Å²) >= 11 is 0. The van der Waals surface area contributed by atoms with E-state index in [1.807, 2.05) is 0 Å². The fourth-order valence-corrected chi connectivity index (χ4v) is 3.19. The quantitative estimate of drug-likeness (QED) is 0.898. The molecule has 1 fully saturated rings. The number of ether oxygens (including phenoxy) is 1. The number of alkyl halides is 3. The Morgan fingerprint density at radius 2 is 2.12 bits per heavy atom. The number of hydrogen-bond donors (Lipinski definition) is 1. The van der Waals surface area contributed by atoms with Crippen LogP contribution in [0, 0.1) is 0 Å². The lowest BCUT2D eigenvalue weighted by Gasteiger charge is -2.37. The van der Waals surface area contributed by atoms with Crippen LogP contribution in [-0.2, 0) is 22.8 Å². The minimum absolute atomic E-state index is 0.162. The molecule has 1 saturated heterocycles. The number of aromatic nitrogens is 2. The Hall–Kier alpha value is -2.39. The molecular weight excluding hydrogens is 351 g/mol. The van der Waals surface area contributed by atoms with E-state index >= 15 is 0 Å². The summed E-state index contributed by atoms with van der Waals surface area (Å²) in [4.78, 5) is 13.4. The number of rotatable bonds is 4. The van der Waals surface area contributed by atoms with Gasteiger partial charge in [0.1, 0.15) is 6.04 Å². The van der Waals surface area contributed by atoms with Gasteiger partial charge in [0.2, 0.25) is 0 Å². The first-order chi connectivity index (χ1) is 12.3. The molecule has 0 spiro atoms. The van der Waals surface area contributed by atoms with Crippen LogP contribution in [0.2, 0.25) is 0 Å². The van der Waals surface area contributed by atoms with Crippen molar-refractivity contribution in [3.05, 3.63) is 53.3 Å². The fraction of sp³-hybridized carbons (Fsp3) is 0.412. The van der Waals surface area contributed by atoms with Crippen LogP contribution in [0.5, 0.6) is 0 Å². The first kappa shape index (κ1) is 18.4. The molecule has 0 amide bonds. The molecule has 0 aliphatic carbocycles. The Labute approximate surface area is 147 Å². The van der Waals surface area contributed by atoms with Crippen LogP contribution >= 0.6 is 0 Å². The highest BCUT2D eigenvalue weighted by Crippen LogP contribution is 2.37. The van der Waals surface area contributed by atoms with E-state index < -0.39 is 29.9 Å². The first-order valence-corrected chi connectivity index (χ1v) is 8.00. The van der Waals surface area contributed by atoms with E-state index in [4.69, 9.17) is 4.74 Å². The number of aliphatic carboxylic acids is 1. The topological polar surface area (TPSA) is 67.6 Å². The molecule has 2 heterocycles. The zero-order valence-corrected chi connectivity index (χ0v) is 14.0. The van der Waals surface area contributed by atoms with Crippen molar-refractivity contribution >= 4 is 5.97 Å². The maximum Gasteiger partial charge on any atom is 0.416 e. The lowest BCUT2D eigenvalue weighted by molar-refractivity contribution is -0.149. The predicted molar refractivity (Wildman–Crippen MR) is 85.3 cm³/mol. The molecule has 1 aromatic heterocycles. The lowest BCUT2D eigenvalue weighted by Crippen LogP contribution is -2.44. The van der Waals surface area contributed by atoms with E-state index in [0.29, 0.717) is 0 Å². The zero-order chi connectivity index (χ0) is 18.9. The molecule has 140 valence electrons. The molecule has 1 aliphatic rings. The second kappa shape index (κ2) is 7.08. The average molecular weight is 369 g/mol. The van der Waals surface area contributed by atoms with E-state index in [-0.39, 0.29) is 25.3 Å². The molecule has 9 heteroatoms. The predicted octanol–water partition coefficient (Wildman–Crippen LogP) is 2.64.